The van der Waals surface area contributed by atoms with Crippen LogP contribution >= 0.6 is 0 Å². The second-order valence-electron chi connectivity index (χ2n) is 3.70. The summed E-state index contributed by atoms with van der Waals surface area (Å²) in [5.41, 5.74) is 8.97. The van der Waals surface area contributed by atoms with Crippen molar-refractivity contribution in [3.05, 3.63) is 36.0 Å². The molecule has 0 unspecified atom stereocenters. The number of nitrogens with two attached hydrogens (primary N) is 2. The third kappa shape index (κ3) is 2.78. The molecule has 0 saturated heterocycles. The lowest BCUT2D eigenvalue weighted by atomic mass is 10.1. The van der Waals surface area contributed by atoms with E-state index in [9.17, 15) is 4.79 Å². The van der Waals surface area contributed by atoms with Crippen LogP contribution in [0.2, 0.25) is 0 Å². The zero-order chi connectivity index (χ0) is 13.8. The molecule has 1 amide bonds. The summed E-state index contributed by atoms with van der Waals surface area (Å²) in [6, 6.07) is 8.74. The van der Waals surface area contributed by atoms with E-state index in [2.05, 4.69) is 9.97 Å². The predicted octanol–water partition coefficient (Wildman–Crippen LogP) is 0.338. The molecule has 0 bridgehead atoms. The first-order valence-electron chi connectivity index (χ1n) is 5.44. The van der Waals surface area contributed by atoms with Gasteiger partial charge in [-0.15, -0.1) is 0 Å². The Bertz CT molecular complexity index is 615. The van der Waals surface area contributed by atoms with Crippen LogP contribution in [-0.2, 0) is 0 Å². The highest BCUT2D eigenvalue weighted by Gasteiger charge is 2.11. The van der Waals surface area contributed by atoms with Crippen LogP contribution in [0.3, 0.4) is 0 Å². The number of ether oxygens (including phenoxy) is 1. The van der Waals surface area contributed by atoms with Crippen molar-refractivity contribution in [1.82, 2.24) is 15.4 Å². The number of carbonyl (C=O) groups is 1. The van der Waals surface area contributed by atoms with Gasteiger partial charge in [-0.1, -0.05) is 12.1 Å². The first-order valence-corrected chi connectivity index (χ1v) is 5.44. The van der Waals surface area contributed by atoms with Gasteiger partial charge in [0.15, 0.2) is 0 Å². The van der Waals surface area contributed by atoms with Crippen molar-refractivity contribution >= 4 is 11.9 Å². The molecule has 0 aliphatic rings. The Hall–Kier alpha value is -2.67. The highest BCUT2D eigenvalue weighted by molar-refractivity contribution is 5.93. The zero-order valence-corrected chi connectivity index (χ0v) is 10.3. The molecule has 5 N–H and O–H groups in total. The fourth-order valence-corrected chi connectivity index (χ4v) is 1.59. The minimum Gasteiger partial charge on any atom is -0.497 e. The van der Waals surface area contributed by atoms with E-state index in [1.165, 1.54) is 6.07 Å². The fourth-order valence-electron chi connectivity index (χ4n) is 1.59. The summed E-state index contributed by atoms with van der Waals surface area (Å²) in [7, 11) is 1.57. The number of aromatic nitrogens is 2. The number of benzene rings is 1. The second-order valence-corrected chi connectivity index (χ2v) is 3.70. The molecule has 1 aromatic heterocycles. The number of nitrogens with zero attached hydrogens (tertiary/aromatic N) is 2. The van der Waals surface area contributed by atoms with E-state index in [1.54, 1.807) is 13.2 Å². The maximum Gasteiger partial charge on any atom is 0.283 e. The van der Waals surface area contributed by atoms with Gasteiger partial charge in [0.25, 0.3) is 5.91 Å². The first-order chi connectivity index (χ1) is 9.13. The van der Waals surface area contributed by atoms with Crippen molar-refractivity contribution < 1.29 is 9.53 Å². The van der Waals surface area contributed by atoms with Crippen LogP contribution in [0.1, 0.15) is 10.5 Å². The lowest BCUT2D eigenvalue weighted by Gasteiger charge is -2.06. The molecule has 1 aromatic carbocycles. The lowest BCUT2D eigenvalue weighted by molar-refractivity contribution is 0.0948. The van der Waals surface area contributed by atoms with Crippen LogP contribution in [0.15, 0.2) is 30.3 Å². The van der Waals surface area contributed by atoms with Crippen LogP contribution in [0, 0.1) is 0 Å². The first kappa shape index (κ1) is 12.8. The second kappa shape index (κ2) is 5.32. The summed E-state index contributed by atoms with van der Waals surface area (Å²) in [5, 5.41) is 0. The molecule has 2 aromatic rings. The van der Waals surface area contributed by atoms with Crippen LogP contribution < -0.4 is 21.7 Å². The Kier molecular flexibility index (Phi) is 3.58. The Labute approximate surface area is 109 Å². The van der Waals surface area contributed by atoms with Gasteiger partial charge in [-0.25, -0.2) is 15.8 Å². The van der Waals surface area contributed by atoms with Gasteiger partial charge >= 0.3 is 0 Å². The van der Waals surface area contributed by atoms with E-state index in [0.29, 0.717) is 11.4 Å². The maximum absolute atomic E-state index is 11.5. The molecule has 19 heavy (non-hydrogen) atoms. The average molecular weight is 259 g/mol. The third-order valence-electron chi connectivity index (χ3n) is 2.47. The molecule has 0 aliphatic heterocycles. The number of nitrogen functional groups attached to an aromatic ring is 2. The Balaban J connectivity index is 2.49. The van der Waals surface area contributed by atoms with E-state index in [0.717, 1.165) is 5.56 Å². The van der Waals surface area contributed by atoms with Gasteiger partial charge in [-0.05, 0) is 18.2 Å². The van der Waals surface area contributed by atoms with Crippen molar-refractivity contribution in [2.75, 3.05) is 12.8 Å². The van der Waals surface area contributed by atoms with Crippen molar-refractivity contribution in [2.24, 2.45) is 5.84 Å². The molecule has 0 radical (unpaired) electrons. The highest BCUT2D eigenvalue weighted by Crippen LogP contribution is 2.23. The van der Waals surface area contributed by atoms with Crippen LogP contribution in [0.5, 0.6) is 5.75 Å². The van der Waals surface area contributed by atoms with Gasteiger partial charge in [0.2, 0.25) is 5.95 Å². The van der Waals surface area contributed by atoms with E-state index < -0.39 is 5.91 Å². The Morgan fingerprint density at radius 3 is 2.79 bits per heavy atom. The van der Waals surface area contributed by atoms with E-state index in [1.807, 2.05) is 23.6 Å². The van der Waals surface area contributed by atoms with E-state index in [-0.39, 0.29) is 11.6 Å². The SMILES string of the molecule is COc1cccc(-c2cc(C(=O)NN)nc(N)n2)c1. The number of carbonyl (C=O) groups excluding carboxylic acids is 1. The molecule has 98 valence electrons. The topological polar surface area (TPSA) is 116 Å². The molecule has 7 heteroatoms. The number of hydrazine groups is 1. The normalized spacial score (nSPS) is 10.0. The van der Waals surface area contributed by atoms with Gasteiger partial charge < -0.3 is 10.5 Å². The largest absolute Gasteiger partial charge is 0.497 e. The van der Waals surface area contributed by atoms with Crippen LogP contribution in [0.25, 0.3) is 11.3 Å². The van der Waals surface area contributed by atoms with Gasteiger partial charge in [-0.2, -0.15) is 0 Å². The molecule has 1 heterocycles. The number of methoxy groups -OCH3 is 1. The summed E-state index contributed by atoms with van der Waals surface area (Å²) in [6.45, 7) is 0. The van der Waals surface area contributed by atoms with Gasteiger partial charge in [0.1, 0.15) is 11.4 Å². The summed E-state index contributed by atoms with van der Waals surface area (Å²) >= 11 is 0. The lowest BCUT2D eigenvalue weighted by Crippen LogP contribution is -2.31. The van der Waals surface area contributed by atoms with Crippen molar-refractivity contribution in [3.63, 3.8) is 0 Å². The molecule has 2 rings (SSSR count). The monoisotopic (exact) mass is 259 g/mol. The Morgan fingerprint density at radius 1 is 1.32 bits per heavy atom. The number of hydrogen-bond donors (Lipinski definition) is 3. The number of rotatable bonds is 3. The van der Waals surface area contributed by atoms with Gasteiger partial charge in [-0.3, -0.25) is 10.2 Å². The molecule has 0 saturated carbocycles. The van der Waals surface area contributed by atoms with Crippen molar-refractivity contribution in [2.45, 2.75) is 0 Å². The summed E-state index contributed by atoms with van der Waals surface area (Å²) in [4.78, 5) is 19.4. The average Bonchev–Trinajstić information content (AvgIpc) is 2.45. The highest BCUT2D eigenvalue weighted by atomic mass is 16.5. The molecule has 0 atom stereocenters. The molecule has 7 nitrogen and oxygen atoms in total. The Morgan fingerprint density at radius 2 is 2.11 bits per heavy atom. The predicted molar refractivity (Wildman–Crippen MR) is 70.1 cm³/mol. The quantitative estimate of drug-likeness (QED) is 0.415. The molecule has 0 aliphatic carbocycles. The number of nitrogens with one attached hydrogen (secondary N) is 1. The third-order valence-corrected chi connectivity index (χ3v) is 2.47. The summed E-state index contributed by atoms with van der Waals surface area (Å²) in [6.07, 6.45) is 0. The summed E-state index contributed by atoms with van der Waals surface area (Å²) in [5.74, 6) is 5.22. The van der Waals surface area contributed by atoms with E-state index in [4.69, 9.17) is 16.3 Å². The number of amides is 1. The smallest absolute Gasteiger partial charge is 0.283 e. The fraction of sp³-hybridized carbons (Fsp3) is 0.0833. The number of hydrogen-bond acceptors (Lipinski definition) is 6. The van der Waals surface area contributed by atoms with Crippen molar-refractivity contribution in [3.8, 4) is 17.0 Å². The van der Waals surface area contributed by atoms with E-state index >= 15 is 0 Å². The summed E-state index contributed by atoms with van der Waals surface area (Å²) < 4.78 is 5.13. The van der Waals surface area contributed by atoms with Gasteiger partial charge in [0.05, 0.1) is 12.8 Å². The standard InChI is InChI=1S/C12H13N5O2/c1-19-8-4-2-3-7(5-8)9-6-10(11(18)17-14)16-12(13)15-9/h2-6H,14H2,1H3,(H,17,18)(H2,13,15,16). The molecular weight excluding hydrogens is 246 g/mol. The van der Waals surface area contributed by atoms with Crippen LogP contribution in [-0.4, -0.2) is 23.0 Å². The maximum atomic E-state index is 11.5. The molecule has 0 spiro atoms. The zero-order valence-electron chi connectivity index (χ0n) is 10.3. The van der Waals surface area contributed by atoms with Crippen LogP contribution in [0.4, 0.5) is 5.95 Å². The molecule has 0 fully saturated rings. The molecular formula is C12H13N5O2. The minimum atomic E-state index is -0.529. The van der Waals surface area contributed by atoms with Crippen molar-refractivity contribution in [1.29, 1.82) is 0 Å². The van der Waals surface area contributed by atoms with Gasteiger partial charge in [0, 0.05) is 5.56 Å². The number of anilines is 1. The minimum absolute atomic E-state index is 0.00100.